The number of morpholine rings is 1. The number of carbonyl (C=O) groups excluding carboxylic acids is 5. The summed E-state index contributed by atoms with van der Waals surface area (Å²) in [5, 5.41) is 23.6. The summed E-state index contributed by atoms with van der Waals surface area (Å²) in [5.74, 6) is -6.21. The maximum Gasteiger partial charge on any atom is 0.407 e. The molecule has 386 valence electrons. The van der Waals surface area contributed by atoms with Crippen LogP contribution >= 0.6 is 11.3 Å². The van der Waals surface area contributed by atoms with Gasteiger partial charge in [0.05, 0.1) is 18.9 Å². The van der Waals surface area contributed by atoms with E-state index in [1.807, 2.05) is 65.6 Å². The SMILES string of the molecule is CC(C(=O)N[C@H](C(=O)N1CCCC1C(=O)NC(C(=O)NCCCCNC(=O)COc1c(-c2csc(N3CCOCC3)n2)ccc(F)c1F)C(c1ccccc1)c1ccccc1)C1CCCCC1)N(C)C(=O)O. The minimum absolute atomic E-state index is 0.179. The van der Waals surface area contributed by atoms with E-state index in [1.54, 1.807) is 5.38 Å². The lowest BCUT2D eigenvalue weighted by molar-refractivity contribution is -0.144. The third-order valence-electron chi connectivity index (χ3n) is 13.7. The highest BCUT2D eigenvalue weighted by atomic mass is 32.1. The molecule has 7 rings (SSSR count). The zero-order chi connectivity index (χ0) is 51.1. The Morgan fingerprint density at radius 1 is 0.833 bits per heavy atom. The molecule has 0 bridgehead atoms. The van der Waals surface area contributed by atoms with Crippen LogP contribution in [0.25, 0.3) is 11.3 Å². The number of carbonyl (C=O) groups is 6. The first kappa shape index (κ1) is 53.1. The van der Waals surface area contributed by atoms with Crippen LogP contribution in [0.15, 0.2) is 78.2 Å². The quantitative estimate of drug-likeness (QED) is 0.0641. The van der Waals surface area contributed by atoms with Gasteiger partial charge >= 0.3 is 6.09 Å². The zero-order valence-corrected chi connectivity index (χ0v) is 41.5. The molecule has 2 saturated heterocycles. The summed E-state index contributed by atoms with van der Waals surface area (Å²) < 4.78 is 40.5. The van der Waals surface area contributed by atoms with E-state index in [0.29, 0.717) is 75.7 Å². The monoisotopic (exact) mass is 1010 g/mol. The summed E-state index contributed by atoms with van der Waals surface area (Å²) in [6, 6.07) is 16.9. The van der Waals surface area contributed by atoms with E-state index in [-0.39, 0.29) is 31.1 Å². The predicted molar refractivity (Wildman–Crippen MR) is 266 cm³/mol. The Labute approximate surface area is 422 Å². The first-order valence-corrected chi connectivity index (χ1v) is 25.6. The van der Waals surface area contributed by atoms with Gasteiger partial charge in [0.1, 0.15) is 24.2 Å². The van der Waals surface area contributed by atoms with Gasteiger partial charge in [0.25, 0.3) is 5.91 Å². The van der Waals surface area contributed by atoms with E-state index in [9.17, 15) is 38.3 Å². The standard InChI is InChI=1S/C52H64F2N8O9S/c1-33(60(2)52(68)69)47(64)58-44(36-19-10-5-11-20-36)50(67)62-26-14-21-40(62)48(65)59-45(42(34-15-6-3-7-16-34)35-17-8-4-9-18-35)49(66)56-25-13-12-24-55-41(63)31-71-46-37(22-23-38(53)43(46)54)39-32-72-51(57-39)61-27-29-70-30-28-61/h3-4,6-9,15-18,22-23,32-33,36,40,42,44-45H,5,10-14,19-21,24-31H2,1-2H3,(H,55,63)(H,56,66)(H,58,64)(H,59,65)(H,68,69)/t33?,40?,44-,45?/m0/s1. The Bertz CT molecular complexity index is 2450. The predicted octanol–water partition coefficient (Wildman–Crippen LogP) is 5.69. The second-order valence-corrected chi connectivity index (χ2v) is 19.3. The molecule has 2 aliphatic heterocycles. The van der Waals surface area contributed by atoms with Crippen molar-refractivity contribution in [1.82, 2.24) is 36.1 Å². The Kier molecular flexibility index (Phi) is 18.9. The fourth-order valence-electron chi connectivity index (χ4n) is 9.54. The van der Waals surface area contributed by atoms with Gasteiger partial charge in [-0.15, -0.1) is 11.3 Å². The number of hydrogen-bond donors (Lipinski definition) is 5. The number of unbranched alkanes of at least 4 members (excludes halogenated alkanes) is 1. The van der Waals surface area contributed by atoms with Crippen LogP contribution in [-0.4, -0.2) is 139 Å². The summed E-state index contributed by atoms with van der Waals surface area (Å²) in [5.41, 5.74) is 2.13. The second kappa shape index (κ2) is 25.6. The molecule has 3 unspecified atom stereocenters. The van der Waals surface area contributed by atoms with Crippen LogP contribution in [-0.2, 0) is 28.7 Å². The van der Waals surface area contributed by atoms with Crippen molar-refractivity contribution in [2.24, 2.45) is 5.92 Å². The van der Waals surface area contributed by atoms with Crippen molar-refractivity contribution in [2.45, 2.75) is 94.8 Å². The maximum atomic E-state index is 15.1. The number of anilines is 1. The van der Waals surface area contributed by atoms with Gasteiger partial charge in [-0.05, 0) is 74.6 Å². The van der Waals surface area contributed by atoms with Crippen LogP contribution in [0.1, 0.15) is 81.8 Å². The van der Waals surface area contributed by atoms with E-state index in [2.05, 4.69) is 26.3 Å². The number of carboxylic acid groups (broad SMARTS) is 1. The highest BCUT2D eigenvalue weighted by molar-refractivity contribution is 7.14. The Hall–Kier alpha value is -6.67. The van der Waals surface area contributed by atoms with Gasteiger partial charge < -0.3 is 45.6 Å². The Balaban J connectivity index is 0.987. The number of thiazole rings is 1. The first-order chi connectivity index (χ1) is 34.8. The number of amides is 6. The number of ether oxygens (including phenoxy) is 2. The first-order valence-electron chi connectivity index (χ1n) is 24.7. The number of rotatable bonds is 21. The third-order valence-corrected chi connectivity index (χ3v) is 14.6. The average Bonchev–Trinajstić information content (AvgIpc) is 4.11. The normalized spacial score (nSPS) is 17.4. The van der Waals surface area contributed by atoms with Crippen molar-refractivity contribution in [3.63, 3.8) is 0 Å². The fraction of sp³-hybridized carbons (Fsp3) is 0.481. The summed E-state index contributed by atoms with van der Waals surface area (Å²) in [4.78, 5) is 90.7. The molecule has 5 N–H and O–H groups in total. The largest absolute Gasteiger partial charge is 0.480 e. The fourth-order valence-corrected chi connectivity index (χ4v) is 10.4. The number of hydrogen-bond acceptors (Lipinski definition) is 11. The van der Waals surface area contributed by atoms with Crippen molar-refractivity contribution in [1.29, 1.82) is 0 Å². The van der Waals surface area contributed by atoms with Crippen LogP contribution < -0.4 is 30.9 Å². The molecule has 0 radical (unpaired) electrons. The summed E-state index contributed by atoms with van der Waals surface area (Å²) in [6.45, 7) is 3.90. The van der Waals surface area contributed by atoms with Gasteiger partial charge in [-0.25, -0.2) is 14.2 Å². The van der Waals surface area contributed by atoms with Gasteiger partial charge in [0.15, 0.2) is 23.3 Å². The smallest absolute Gasteiger partial charge is 0.407 e. The van der Waals surface area contributed by atoms with Crippen LogP contribution in [0, 0.1) is 17.6 Å². The molecule has 6 amide bonds. The number of aromatic nitrogens is 1. The van der Waals surface area contributed by atoms with Crippen molar-refractivity contribution in [3.8, 4) is 17.0 Å². The van der Waals surface area contributed by atoms with Crippen LogP contribution in [0.4, 0.5) is 18.7 Å². The molecule has 1 aromatic heterocycles. The Morgan fingerprint density at radius 2 is 1.49 bits per heavy atom. The minimum Gasteiger partial charge on any atom is -0.480 e. The number of nitrogens with one attached hydrogen (secondary N) is 4. The van der Waals surface area contributed by atoms with Crippen LogP contribution in [0.3, 0.4) is 0 Å². The molecule has 3 aliphatic rings. The van der Waals surface area contributed by atoms with E-state index < -0.39 is 89.7 Å². The summed E-state index contributed by atoms with van der Waals surface area (Å²) in [6.07, 6.45) is 4.51. The molecule has 0 spiro atoms. The number of likely N-dealkylation sites (N-methyl/N-ethyl adjacent to an activating group) is 1. The molecular formula is C52H64F2N8O9S. The van der Waals surface area contributed by atoms with Crippen molar-refractivity contribution < 1.29 is 52.1 Å². The average molecular weight is 1020 g/mol. The molecule has 20 heteroatoms. The molecular weight excluding hydrogens is 951 g/mol. The van der Waals surface area contributed by atoms with Crippen molar-refractivity contribution in [2.75, 3.05) is 64.5 Å². The van der Waals surface area contributed by atoms with Gasteiger partial charge in [-0.2, -0.15) is 4.39 Å². The zero-order valence-electron chi connectivity index (χ0n) is 40.7. The molecule has 17 nitrogen and oxygen atoms in total. The highest BCUT2D eigenvalue weighted by Crippen LogP contribution is 2.37. The lowest BCUT2D eigenvalue weighted by Crippen LogP contribution is -2.60. The summed E-state index contributed by atoms with van der Waals surface area (Å²) in [7, 11) is 1.29. The number of likely N-dealkylation sites (tertiary alicyclic amines) is 1. The molecule has 1 saturated carbocycles. The van der Waals surface area contributed by atoms with Crippen molar-refractivity contribution in [3.05, 3.63) is 101 Å². The molecule has 4 atom stereocenters. The van der Waals surface area contributed by atoms with Gasteiger partial charge in [-0.3, -0.25) is 28.9 Å². The van der Waals surface area contributed by atoms with Crippen LogP contribution in [0.2, 0.25) is 0 Å². The van der Waals surface area contributed by atoms with E-state index in [0.717, 1.165) is 41.4 Å². The number of nitrogens with zero attached hydrogens (tertiary/aromatic N) is 4. The number of halogens is 2. The lowest BCUT2D eigenvalue weighted by atomic mass is 9.83. The van der Waals surface area contributed by atoms with E-state index in [4.69, 9.17) is 9.47 Å². The topological polar surface area (TPSA) is 212 Å². The molecule has 3 fully saturated rings. The number of benzene rings is 3. The van der Waals surface area contributed by atoms with Crippen molar-refractivity contribution >= 4 is 52.1 Å². The Morgan fingerprint density at radius 3 is 2.14 bits per heavy atom. The van der Waals surface area contributed by atoms with E-state index >= 15 is 4.39 Å². The van der Waals surface area contributed by atoms with Gasteiger partial charge in [0.2, 0.25) is 29.4 Å². The lowest BCUT2D eigenvalue weighted by Gasteiger charge is -2.36. The summed E-state index contributed by atoms with van der Waals surface area (Å²) >= 11 is 1.36. The van der Waals surface area contributed by atoms with Gasteiger partial charge in [0, 0.05) is 56.6 Å². The molecule has 3 heterocycles. The third kappa shape index (κ3) is 13.4. The minimum atomic E-state index is -1.28. The molecule has 3 aromatic carbocycles. The molecule has 1 aliphatic carbocycles. The molecule has 4 aromatic rings. The van der Waals surface area contributed by atoms with Gasteiger partial charge in [-0.1, -0.05) is 79.9 Å². The highest BCUT2D eigenvalue weighted by Gasteiger charge is 2.43. The maximum absolute atomic E-state index is 15.1. The van der Waals surface area contributed by atoms with Crippen LogP contribution in [0.5, 0.6) is 5.75 Å². The van der Waals surface area contributed by atoms with E-state index in [1.165, 1.54) is 36.3 Å². The molecule has 72 heavy (non-hydrogen) atoms. The second-order valence-electron chi connectivity index (χ2n) is 18.4.